The van der Waals surface area contributed by atoms with Crippen molar-refractivity contribution in [3.8, 4) is 0 Å². The molecule has 1 spiro atoms. The van der Waals surface area contributed by atoms with Gasteiger partial charge in [0.1, 0.15) is 0 Å². The summed E-state index contributed by atoms with van der Waals surface area (Å²) in [7, 11) is 0. The van der Waals surface area contributed by atoms with E-state index >= 15 is 0 Å². The molecule has 1 nitrogen and oxygen atoms in total. The van der Waals surface area contributed by atoms with E-state index in [1.807, 2.05) is 0 Å². The fourth-order valence-electron chi connectivity index (χ4n) is 3.63. The van der Waals surface area contributed by atoms with Crippen molar-refractivity contribution in [2.45, 2.75) is 65.5 Å². The van der Waals surface area contributed by atoms with E-state index in [0.29, 0.717) is 0 Å². The van der Waals surface area contributed by atoms with Gasteiger partial charge in [-0.1, -0.05) is 13.8 Å². The van der Waals surface area contributed by atoms with E-state index in [9.17, 15) is 0 Å². The lowest BCUT2D eigenvalue weighted by Crippen LogP contribution is -2.52. The average molecular weight is 195 g/mol. The third kappa shape index (κ3) is 1.60. The number of hydrogen-bond acceptors (Lipinski definition) is 1. The van der Waals surface area contributed by atoms with Gasteiger partial charge in [-0.05, 0) is 57.4 Å². The predicted octanol–water partition coefficient (Wildman–Crippen LogP) is 3.30. The van der Waals surface area contributed by atoms with Crippen LogP contribution in [0.15, 0.2) is 0 Å². The van der Waals surface area contributed by atoms with Crippen LogP contribution >= 0.6 is 0 Å². The van der Waals surface area contributed by atoms with Gasteiger partial charge < -0.3 is 0 Å². The molecule has 0 aromatic heterocycles. The molecule has 1 heteroatoms. The molecule has 1 unspecified atom stereocenters. The zero-order chi connectivity index (χ0) is 10.3. The largest absolute Gasteiger partial charge is 0.297 e. The maximum Gasteiger partial charge on any atom is 0.0177 e. The molecule has 0 radical (unpaired) electrons. The van der Waals surface area contributed by atoms with Crippen LogP contribution in [-0.2, 0) is 0 Å². The first-order valence-corrected chi connectivity index (χ1v) is 6.32. The topological polar surface area (TPSA) is 3.24 Å². The van der Waals surface area contributed by atoms with Gasteiger partial charge in [0.15, 0.2) is 0 Å². The Morgan fingerprint density at radius 2 is 1.71 bits per heavy atom. The molecule has 0 aromatic carbocycles. The maximum atomic E-state index is 2.77. The van der Waals surface area contributed by atoms with Crippen LogP contribution in [0.2, 0.25) is 0 Å². The molecule has 1 atom stereocenters. The maximum absolute atomic E-state index is 2.77. The van der Waals surface area contributed by atoms with Gasteiger partial charge in [0.25, 0.3) is 0 Å². The normalized spacial score (nSPS) is 31.7. The molecule has 1 saturated heterocycles. The second-order valence-electron chi connectivity index (χ2n) is 5.99. The van der Waals surface area contributed by atoms with E-state index in [1.165, 1.54) is 32.2 Å². The summed E-state index contributed by atoms with van der Waals surface area (Å²) in [6.45, 7) is 10.9. The SMILES string of the molecule is CC(C)C1N(C(C)C)CCCC12CC2. The second kappa shape index (κ2) is 3.52. The van der Waals surface area contributed by atoms with E-state index in [1.54, 1.807) is 0 Å². The van der Waals surface area contributed by atoms with Crippen LogP contribution in [0.25, 0.3) is 0 Å². The van der Waals surface area contributed by atoms with Crippen LogP contribution in [0.4, 0.5) is 0 Å². The Morgan fingerprint density at radius 1 is 1.07 bits per heavy atom. The number of hydrogen-bond donors (Lipinski definition) is 0. The first-order valence-electron chi connectivity index (χ1n) is 6.32. The minimum Gasteiger partial charge on any atom is -0.297 e. The molecule has 1 saturated carbocycles. The summed E-state index contributed by atoms with van der Waals surface area (Å²) in [5.74, 6) is 0.834. The standard InChI is InChI=1S/C13H25N/c1-10(2)12-13(7-8-13)6-5-9-14(12)11(3)4/h10-12H,5-9H2,1-4H3. The lowest BCUT2D eigenvalue weighted by atomic mass is 9.79. The van der Waals surface area contributed by atoms with Crippen LogP contribution in [0, 0.1) is 11.3 Å². The third-order valence-corrected chi connectivity index (χ3v) is 4.26. The van der Waals surface area contributed by atoms with Gasteiger partial charge in [0.2, 0.25) is 0 Å². The van der Waals surface area contributed by atoms with Gasteiger partial charge in [0, 0.05) is 12.1 Å². The fourth-order valence-corrected chi connectivity index (χ4v) is 3.63. The number of nitrogens with zero attached hydrogens (tertiary/aromatic N) is 1. The molecule has 82 valence electrons. The van der Waals surface area contributed by atoms with E-state index < -0.39 is 0 Å². The average Bonchev–Trinajstić information content (AvgIpc) is 2.84. The van der Waals surface area contributed by atoms with Crippen LogP contribution in [0.5, 0.6) is 0 Å². The predicted molar refractivity (Wildman–Crippen MR) is 61.4 cm³/mol. The molecular formula is C13H25N. The molecule has 1 heterocycles. The molecule has 2 aliphatic rings. The highest BCUT2D eigenvalue weighted by Gasteiger charge is 2.53. The summed E-state index contributed by atoms with van der Waals surface area (Å²) in [6, 6.07) is 1.61. The summed E-state index contributed by atoms with van der Waals surface area (Å²) in [5.41, 5.74) is 0.747. The van der Waals surface area contributed by atoms with Crippen LogP contribution < -0.4 is 0 Å². The van der Waals surface area contributed by atoms with Crippen LogP contribution in [0.1, 0.15) is 53.4 Å². The molecule has 0 N–H and O–H groups in total. The third-order valence-electron chi connectivity index (χ3n) is 4.26. The Balaban J connectivity index is 2.16. The van der Waals surface area contributed by atoms with E-state index in [4.69, 9.17) is 0 Å². The highest BCUT2D eigenvalue weighted by molar-refractivity contribution is 5.06. The van der Waals surface area contributed by atoms with Gasteiger partial charge >= 0.3 is 0 Å². The van der Waals surface area contributed by atoms with Crippen molar-refractivity contribution in [1.82, 2.24) is 4.90 Å². The quantitative estimate of drug-likeness (QED) is 0.653. The zero-order valence-corrected chi connectivity index (χ0v) is 10.2. The van der Waals surface area contributed by atoms with Crippen molar-refractivity contribution in [3.05, 3.63) is 0 Å². The van der Waals surface area contributed by atoms with Gasteiger partial charge in [-0.25, -0.2) is 0 Å². The van der Waals surface area contributed by atoms with Gasteiger partial charge in [-0.2, -0.15) is 0 Å². The summed E-state index contributed by atoms with van der Waals surface area (Å²) < 4.78 is 0. The Labute approximate surface area is 88.9 Å². The molecule has 0 amide bonds. The van der Waals surface area contributed by atoms with Gasteiger partial charge in [-0.15, -0.1) is 0 Å². The zero-order valence-electron chi connectivity index (χ0n) is 10.2. The molecule has 1 aliphatic heterocycles. The van der Waals surface area contributed by atoms with Gasteiger partial charge in [0.05, 0.1) is 0 Å². The van der Waals surface area contributed by atoms with E-state index in [-0.39, 0.29) is 0 Å². The summed E-state index contributed by atoms with van der Waals surface area (Å²) >= 11 is 0. The van der Waals surface area contributed by atoms with E-state index in [2.05, 4.69) is 32.6 Å². The molecule has 2 rings (SSSR count). The summed E-state index contributed by atoms with van der Waals surface area (Å²) in [5, 5.41) is 0. The first kappa shape index (κ1) is 10.5. The molecular weight excluding hydrogens is 170 g/mol. The summed E-state index contributed by atoms with van der Waals surface area (Å²) in [4.78, 5) is 2.77. The van der Waals surface area contributed by atoms with Crippen molar-refractivity contribution >= 4 is 0 Å². The Hall–Kier alpha value is -0.0400. The van der Waals surface area contributed by atoms with Crippen molar-refractivity contribution in [2.24, 2.45) is 11.3 Å². The monoisotopic (exact) mass is 195 g/mol. The lowest BCUT2D eigenvalue weighted by Gasteiger charge is -2.46. The minimum atomic E-state index is 0.736. The molecule has 1 aliphatic carbocycles. The lowest BCUT2D eigenvalue weighted by molar-refractivity contribution is 0.0219. The molecule has 0 bridgehead atoms. The van der Waals surface area contributed by atoms with Crippen molar-refractivity contribution < 1.29 is 0 Å². The van der Waals surface area contributed by atoms with Crippen molar-refractivity contribution in [1.29, 1.82) is 0 Å². The number of rotatable bonds is 2. The minimum absolute atomic E-state index is 0.736. The van der Waals surface area contributed by atoms with E-state index in [0.717, 1.165) is 23.4 Å². The molecule has 2 fully saturated rings. The summed E-state index contributed by atoms with van der Waals surface area (Å²) in [6.07, 6.45) is 5.93. The van der Waals surface area contributed by atoms with Crippen LogP contribution in [0.3, 0.4) is 0 Å². The van der Waals surface area contributed by atoms with Crippen molar-refractivity contribution in [3.63, 3.8) is 0 Å². The molecule has 0 aromatic rings. The Morgan fingerprint density at radius 3 is 2.14 bits per heavy atom. The smallest absolute Gasteiger partial charge is 0.0177 e. The van der Waals surface area contributed by atoms with Crippen LogP contribution in [-0.4, -0.2) is 23.5 Å². The fraction of sp³-hybridized carbons (Fsp3) is 1.00. The Bertz CT molecular complexity index is 203. The number of piperidine rings is 1. The first-order chi connectivity index (χ1) is 6.57. The second-order valence-corrected chi connectivity index (χ2v) is 5.99. The molecule has 14 heavy (non-hydrogen) atoms. The highest BCUT2D eigenvalue weighted by Crippen LogP contribution is 2.58. The van der Waals surface area contributed by atoms with Gasteiger partial charge in [-0.3, -0.25) is 4.90 Å². The highest BCUT2D eigenvalue weighted by atomic mass is 15.2. The Kier molecular flexibility index (Phi) is 2.63. The van der Waals surface area contributed by atoms with Crippen molar-refractivity contribution in [2.75, 3.05) is 6.54 Å². The number of likely N-dealkylation sites (tertiary alicyclic amines) is 1.